The quantitative estimate of drug-likeness (QED) is 0.485. The summed E-state index contributed by atoms with van der Waals surface area (Å²) in [6.07, 6.45) is 3.86. The van der Waals surface area contributed by atoms with E-state index in [0.29, 0.717) is 0 Å². The van der Waals surface area contributed by atoms with Crippen molar-refractivity contribution >= 4 is 40.9 Å². The maximum absolute atomic E-state index is 13.8. The molecule has 0 atom stereocenters. The minimum atomic E-state index is -0.699. The van der Waals surface area contributed by atoms with Gasteiger partial charge in [-0.2, -0.15) is 0 Å². The van der Waals surface area contributed by atoms with Crippen LogP contribution >= 0.6 is 0 Å². The van der Waals surface area contributed by atoms with Crippen LogP contribution < -0.4 is 15.5 Å². The van der Waals surface area contributed by atoms with Crippen molar-refractivity contribution in [3.63, 3.8) is 0 Å². The highest BCUT2D eigenvalue weighted by Crippen LogP contribution is 2.40. The van der Waals surface area contributed by atoms with Gasteiger partial charge in [-0.25, -0.2) is 14.1 Å². The summed E-state index contributed by atoms with van der Waals surface area (Å²) in [4.78, 5) is 40.9. The van der Waals surface area contributed by atoms with Crippen molar-refractivity contribution in [3.05, 3.63) is 70.7 Å². The van der Waals surface area contributed by atoms with Crippen LogP contribution in [0, 0.1) is 12.7 Å². The largest absolute Gasteiger partial charge is 0.363 e. The van der Waals surface area contributed by atoms with Gasteiger partial charge in [0.05, 0.1) is 11.2 Å². The number of carbonyl (C=O) groups excluding carboxylic acids is 3. The molecule has 0 radical (unpaired) electrons. The van der Waals surface area contributed by atoms with E-state index < -0.39 is 30.2 Å². The zero-order valence-electron chi connectivity index (χ0n) is 20.5. The highest BCUT2D eigenvalue weighted by atomic mass is 19.1. The average Bonchev–Trinajstić information content (AvgIpc) is 3.03. The summed E-state index contributed by atoms with van der Waals surface area (Å²) < 4.78 is 13.8. The first-order valence-corrected chi connectivity index (χ1v) is 11.5. The number of likely N-dealkylation sites (N-methyl/N-ethyl adjacent to an activating group) is 1. The number of allylic oxidation sites excluding steroid dienone is 1. The van der Waals surface area contributed by atoms with Gasteiger partial charge in [-0.05, 0) is 81.7 Å². The number of urea groups is 1. The summed E-state index contributed by atoms with van der Waals surface area (Å²) >= 11 is 0. The van der Waals surface area contributed by atoms with Crippen LogP contribution in [0.2, 0.25) is 0 Å². The van der Waals surface area contributed by atoms with E-state index >= 15 is 0 Å². The highest BCUT2D eigenvalue weighted by molar-refractivity contribution is 6.16. The number of halogens is 1. The van der Waals surface area contributed by atoms with Crippen LogP contribution in [-0.4, -0.2) is 41.4 Å². The smallest absolute Gasteiger partial charge is 0.329 e. The standard InChI is InChI=1S/C27H29FN4O3/c1-6-32-23-11-16(2)18(12-19(23)17(3)14-27(32,4)5)13-22-25(34)31(26(35)30-22)15-24(33)29-21-10-8-7-9-20(21)28/h7-14H,6,15H2,1-5H3,(H,29,33)(H,30,35)/b22-13+. The Kier molecular flexibility index (Phi) is 6.23. The van der Waals surface area contributed by atoms with Crippen LogP contribution in [0.3, 0.4) is 0 Å². The molecule has 35 heavy (non-hydrogen) atoms. The van der Waals surface area contributed by atoms with Gasteiger partial charge in [0.15, 0.2) is 0 Å². The number of para-hydroxylation sites is 1. The third-order valence-corrected chi connectivity index (χ3v) is 6.39. The number of aryl methyl sites for hydroxylation is 1. The first-order chi connectivity index (χ1) is 16.5. The van der Waals surface area contributed by atoms with Gasteiger partial charge >= 0.3 is 6.03 Å². The van der Waals surface area contributed by atoms with E-state index in [1.165, 1.54) is 18.2 Å². The van der Waals surface area contributed by atoms with Crippen LogP contribution in [0.4, 0.5) is 20.6 Å². The second-order valence-electron chi connectivity index (χ2n) is 9.36. The van der Waals surface area contributed by atoms with Crippen LogP contribution in [0.5, 0.6) is 0 Å². The number of carbonyl (C=O) groups is 3. The molecular weight excluding hydrogens is 447 g/mol. The Morgan fingerprint density at radius 1 is 1.17 bits per heavy atom. The molecule has 2 aromatic carbocycles. The van der Waals surface area contributed by atoms with Crippen molar-refractivity contribution in [2.75, 3.05) is 23.3 Å². The van der Waals surface area contributed by atoms with Crippen molar-refractivity contribution in [1.82, 2.24) is 10.2 Å². The highest BCUT2D eigenvalue weighted by Gasteiger charge is 2.35. The minimum absolute atomic E-state index is 0.0160. The van der Waals surface area contributed by atoms with Crippen molar-refractivity contribution in [1.29, 1.82) is 0 Å². The van der Waals surface area contributed by atoms with Gasteiger partial charge < -0.3 is 15.5 Å². The zero-order chi connectivity index (χ0) is 25.5. The van der Waals surface area contributed by atoms with E-state index in [9.17, 15) is 18.8 Å². The Bertz CT molecular complexity index is 1300. The fourth-order valence-electron chi connectivity index (χ4n) is 4.74. The Labute approximate surface area is 204 Å². The van der Waals surface area contributed by atoms with E-state index in [4.69, 9.17) is 0 Å². The number of hydrogen-bond donors (Lipinski definition) is 2. The number of benzene rings is 2. The Morgan fingerprint density at radius 3 is 2.57 bits per heavy atom. The lowest BCUT2D eigenvalue weighted by Crippen LogP contribution is -2.44. The van der Waals surface area contributed by atoms with E-state index in [1.54, 1.807) is 12.1 Å². The lowest BCUT2D eigenvalue weighted by atomic mass is 9.87. The van der Waals surface area contributed by atoms with E-state index in [1.807, 2.05) is 13.0 Å². The summed E-state index contributed by atoms with van der Waals surface area (Å²) in [5, 5.41) is 4.94. The predicted molar refractivity (Wildman–Crippen MR) is 135 cm³/mol. The first-order valence-electron chi connectivity index (χ1n) is 11.5. The molecule has 7 nitrogen and oxygen atoms in total. The molecule has 0 aliphatic carbocycles. The Balaban J connectivity index is 1.58. The van der Waals surface area contributed by atoms with Crippen LogP contribution in [0.1, 0.15) is 44.4 Å². The fraction of sp³-hybridized carbons (Fsp3) is 0.296. The van der Waals surface area contributed by atoms with Gasteiger partial charge in [-0.3, -0.25) is 9.59 Å². The summed E-state index contributed by atoms with van der Waals surface area (Å²) in [7, 11) is 0. The van der Waals surface area contributed by atoms with Gasteiger partial charge in [0.2, 0.25) is 5.91 Å². The molecule has 4 rings (SSSR count). The monoisotopic (exact) mass is 476 g/mol. The number of nitrogens with zero attached hydrogens (tertiary/aromatic N) is 2. The number of rotatable bonds is 5. The van der Waals surface area contributed by atoms with Crippen molar-refractivity contribution in [2.45, 2.75) is 40.2 Å². The summed E-state index contributed by atoms with van der Waals surface area (Å²) in [5.41, 5.74) is 5.05. The molecular formula is C27H29FN4O3. The van der Waals surface area contributed by atoms with Crippen molar-refractivity contribution in [2.24, 2.45) is 0 Å². The number of nitrogens with one attached hydrogen (secondary N) is 2. The molecule has 0 unspecified atom stereocenters. The SMILES string of the molecule is CCN1c2cc(C)c(/C=C3/NC(=O)N(CC(=O)Nc4ccccc4F)C3=O)cc2C(C)=CC1(C)C. The molecule has 182 valence electrons. The number of hydrogen-bond acceptors (Lipinski definition) is 4. The van der Waals surface area contributed by atoms with Crippen molar-refractivity contribution in [3.8, 4) is 0 Å². The average molecular weight is 477 g/mol. The molecule has 4 amide bonds. The molecule has 2 aliphatic rings. The fourth-order valence-corrected chi connectivity index (χ4v) is 4.74. The maximum Gasteiger partial charge on any atom is 0.329 e. The third-order valence-electron chi connectivity index (χ3n) is 6.39. The summed E-state index contributed by atoms with van der Waals surface area (Å²) in [6.45, 7) is 10.8. The van der Waals surface area contributed by atoms with Gasteiger partial charge in [-0.1, -0.05) is 18.2 Å². The number of fused-ring (bicyclic) bond motifs is 1. The number of imide groups is 1. The molecule has 0 bridgehead atoms. The van der Waals surface area contributed by atoms with Gasteiger partial charge in [0, 0.05) is 17.8 Å². The lowest BCUT2D eigenvalue weighted by molar-refractivity contribution is -0.127. The lowest BCUT2D eigenvalue weighted by Gasteiger charge is -2.43. The number of anilines is 2. The minimum Gasteiger partial charge on any atom is -0.363 e. The molecule has 1 saturated heterocycles. The Morgan fingerprint density at radius 2 is 1.89 bits per heavy atom. The predicted octanol–water partition coefficient (Wildman–Crippen LogP) is 4.69. The van der Waals surface area contributed by atoms with Gasteiger partial charge in [-0.15, -0.1) is 0 Å². The molecule has 0 aromatic heterocycles. The van der Waals surface area contributed by atoms with E-state index in [-0.39, 0.29) is 16.9 Å². The topological polar surface area (TPSA) is 81.8 Å². The molecule has 8 heteroatoms. The summed E-state index contributed by atoms with van der Waals surface area (Å²) in [6, 6.07) is 9.11. The van der Waals surface area contributed by atoms with Gasteiger partial charge in [0.25, 0.3) is 5.91 Å². The molecule has 0 spiro atoms. The Hall–Kier alpha value is -3.94. The van der Waals surface area contributed by atoms with E-state index in [2.05, 4.69) is 55.4 Å². The van der Waals surface area contributed by atoms with Gasteiger partial charge in [0.1, 0.15) is 18.1 Å². The molecule has 2 aromatic rings. The normalized spacial score (nSPS) is 17.9. The second kappa shape index (κ2) is 9.02. The number of amides is 4. The first kappa shape index (κ1) is 24.2. The molecule has 2 heterocycles. The second-order valence-corrected chi connectivity index (χ2v) is 9.36. The molecule has 0 saturated carbocycles. The molecule has 1 fully saturated rings. The maximum atomic E-state index is 13.8. The molecule has 2 aliphatic heterocycles. The van der Waals surface area contributed by atoms with Crippen molar-refractivity contribution < 1.29 is 18.8 Å². The zero-order valence-corrected chi connectivity index (χ0v) is 20.5. The summed E-state index contributed by atoms with van der Waals surface area (Å²) in [5.74, 6) is -1.89. The third kappa shape index (κ3) is 4.56. The van der Waals surface area contributed by atoms with Crippen LogP contribution in [0.15, 0.2) is 48.2 Å². The van der Waals surface area contributed by atoms with Crippen LogP contribution in [0.25, 0.3) is 11.6 Å². The van der Waals surface area contributed by atoms with E-state index in [0.717, 1.165) is 39.4 Å². The van der Waals surface area contributed by atoms with Crippen LogP contribution in [-0.2, 0) is 9.59 Å². The molecule has 2 N–H and O–H groups in total.